The number of hydrogen-bond donors (Lipinski definition) is 0. The van der Waals surface area contributed by atoms with Crippen molar-refractivity contribution in [3.8, 4) is 22.8 Å². The van der Waals surface area contributed by atoms with Gasteiger partial charge >= 0.3 is 0 Å². The lowest BCUT2D eigenvalue weighted by molar-refractivity contribution is 0.174. The number of para-hydroxylation sites is 2. The molecular weight excluding hydrogens is 240 g/mol. The summed E-state index contributed by atoms with van der Waals surface area (Å²) in [4.78, 5) is 9.03. The van der Waals surface area contributed by atoms with Crippen molar-refractivity contribution in [2.75, 3.05) is 6.79 Å². The summed E-state index contributed by atoms with van der Waals surface area (Å²) >= 11 is 0. The maximum Gasteiger partial charge on any atom is 0.231 e. The maximum atomic E-state index is 5.38. The molecule has 0 N–H and O–H groups in total. The van der Waals surface area contributed by atoms with Crippen LogP contribution in [0.4, 0.5) is 0 Å². The van der Waals surface area contributed by atoms with Crippen LogP contribution < -0.4 is 9.47 Å². The van der Waals surface area contributed by atoms with Gasteiger partial charge in [0.05, 0.1) is 22.9 Å². The van der Waals surface area contributed by atoms with Gasteiger partial charge in [0.25, 0.3) is 0 Å². The van der Waals surface area contributed by atoms with E-state index < -0.39 is 0 Å². The molecule has 0 unspecified atom stereocenters. The zero-order valence-corrected chi connectivity index (χ0v) is 10.0. The molecule has 1 aliphatic heterocycles. The lowest BCUT2D eigenvalue weighted by Crippen LogP contribution is -1.92. The highest BCUT2D eigenvalue weighted by molar-refractivity contribution is 5.77. The molecule has 0 atom stereocenters. The normalized spacial score (nSPS) is 12.8. The van der Waals surface area contributed by atoms with Crippen LogP contribution in [0.25, 0.3) is 22.3 Å². The number of hydrogen-bond acceptors (Lipinski definition) is 4. The summed E-state index contributed by atoms with van der Waals surface area (Å²) in [5.41, 5.74) is 3.59. The number of benzene rings is 2. The fourth-order valence-electron chi connectivity index (χ4n) is 2.15. The van der Waals surface area contributed by atoms with Crippen LogP contribution in [0.3, 0.4) is 0 Å². The molecule has 0 spiro atoms. The molecule has 3 aromatic rings. The van der Waals surface area contributed by atoms with Gasteiger partial charge in [-0.2, -0.15) is 0 Å². The molecule has 0 amide bonds. The van der Waals surface area contributed by atoms with Gasteiger partial charge in [-0.15, -0.1) is 0 Å². The van der Waals surface area contributed by atoms with Crippen molar-refractivity contribution in [1.29, 1.82) is 0 Å². The third-order valence-electron chi connectivity index (χ3n) is 3.12. The summed E-state index contributed by atoms with van der Waals surface area (Å²) in [7, 11) is 0. The van der Waals surface area contributed by atoms with E-state index >= 15 is 0 Å². The molecule has 2 heterocycles. The van der Waals surface area contributed by atoms with Gasteiger partial charge in [0.2, 0.25) is 6.79 Å². The molecule has 1 aliphatic rings. The molecule has 0 saturated heterocycles. The van der Waals surface area contributed by atoms with E-state index in [9.17, 15) is 0 Å². The van der Waals surface area contributed by atoms with Gasteiger partial charge in [-0.3, -0.25) is 4.98 Å². The topological polar surface area (TPSA) is 44.2 Å². The van der Waals surface area contributed by atoms with Crippen LogP contribution in [0.15, 0.2) is 48.7 Å². The molecular formula is C15H10N2O2. The quantitative estimate of drug-likeness (QED) is 0.666. The minimum Gasteiger partial charge on any atom is -0.454 e. The Kier molecular flexibility index (Phi) is 2.14. The summed E-state index contributed by atoms with van der Waals surface area (Å²) in [5.74, 6) is 1.53. The van der Waals surface area contributed by atoms with Crippen molar-refractivity contribution >= 4 is 11.0 Å². The summed E-state index contributed by atoms with van der Waals surface area (Å²) in [5, 5.41) is 0. The third-order valence-corrected chi connectivity index (χ3v) is 3.12. The molecule has 2 aromatic carbocycles. The molecule has 92 valence electrons. The summed E-state index contributed by atoms with van der Waals surface area (Å²) in [6.45, 7) is 0.280. The first-order chi connectivity index (χ1) is 9.40. The number of ether oxygens (including phenoxy) is 2. The van der Waals surface area contributed by atoms with Crippen LogP contribution in [0.5, 0.6) is 11.5 Å². The van der Waals surface area contributed by atoms with Crippen molar-refractivity contribution in [3.05, 3.63) is 48.7 Å². The van der Waals surface area contributed by atoms with Crippen LogP contribution in [0.2, 0.25) is 0 Å². The van der Waals surface area contributed by atoms with Crippen molar-refractivity contribution in [1.82, 2.24) is 9.97 Å². The van der Waals surface area contributed by atoms with Gasteiger partial charge < -0.3 is 9.47 Å². The van der Waals surface area contributed by atoms with Gasteiger partial charge in [-0.1, -0.05) is 12.1 Å². The molecule has 4 heteroatoms. The number of fused-ring (bicyclic) bond motifs is 2. The van der Waals surface area contributed by atoms with Crippen LogP contribution in [0.1, 0.15) is 0 Å². The van der Waals surface area contributed by atoms with E-state index in [-0.39, 0.29) is 6.79 Å². The Hall–Kier alpha value is -2.62. The minimum absolute atomic E-state index is 0.280. The van der Waals surface area contributed by atoms with E-state index in [1.807, 2.05) is 42.5 Å². The predicted octanol–water partition coefficient (Wildman–Crippen LogP) is 3.03. The van der Waals surface area contributed by atoms with Crippen molar-refractivity contribution in [2.24, 2.45) is 0 Å². The fourth-order valence-corrected chi connectivity index (χ4v) is 2.15. The van der Waals surface area contributed by atoms with E-state index in [0.29, 0.717) is 0 Å². The van der Waals surface area contributed by atoms with Crippen LogP contribution in [-0.2, 0) is 0 Å². The zero-order chi connectivity index (χ0) is 12.7. The van der Waals surface area contributed by atoms with Crippen molar-refractivity contribution < 1.29 is 9.47 Å². The molecule has 1 aromatic heterocycles. The van der Waals surface area contributed by atoms with Gasteiger partial charge in [-0.25, -0.2) is 4.98 Å². The molecule has 19 heavy (non-hydrogen) atoms. The van der Waals surface area contributed by atoms with Gasteiger partial charge in [0.15, 0.2) is 11.5 Å². The molecule has 0 fully saturated rings. The predicted molar refractivity (Wildman–Crippen MR) is 71.1 cm³/mol. The fraction of sp³-hybridized carbons (Fsp3) is 0.0667. The van der Waals surface area contributed by atoms with Gasteiger partial charge in [-0.05, 0) is 30.3 Å². The second-order valence-corrected chi connectivity index (χ2v) is 4.31. The first-order valence-corrected chi connectivity index (χ1v) is 6.02. The van der Waals surface area contributed by atoms with E-state index in [4.69, 9.17) is 9.47 Å². The highest BCUT2D eigenvalue weighted by Crippen LogP contribution is 2.35. The molecule has 0 aliphatic carbocycles. The number of nitrogens with zero attached hydrogens (tertiary/aromatic N) is 2. The standard InChI is InChI=1S/C15H10N2O2/c1-2-4-12-11(3-1)16-8-13(17-12)10-5-6-14-15(7-10)19-9-18-14/h1-8H,9H2. The maximum absolute atomic E-state index is 5.38. The second kappa shape index (κ2) is 3.95. The summed E-state index contributed by atoms with van der Waals surface area (Å²) < 4.78 is 10.7. The molecule has 4 rings (SSSR count). The first kappa shape index (κ1) is 10.3. The smallest absolute Gasteiger partial charge is 0.231 e. The Labute approximate surface area is 109 Å². The lowest BCUT2D eigenvalue weighted by atomic mass is 10.1. The zero-order valence-electron chi connectivity index (χ0n) is 10.0. The largest absolute Gasteiger partial charge is 0.454 e. The summed E-state index contributed by atoms with van der Waals surface area (Å²) in [6.07, 6.45) is 1.78. The Morgan fingerprint density at radius 2 is 1.74 bits per heavy atom. The van der Waals surface area contributed by atoms with E-state index in [0.717, 1.165) is 33.8 Å². The average Bonchev–Trinajstić information content (AvgIpc) is 2.94. The Morgan fingerprint density at radius 3 is 2.68 bits per heavy atom. The third kappa shape index (κ3) is 1.69. The molecule has 4 nitrogen and oxygen atoms in total. The number of rotatable bonds is 1. The van der Waals surface area contributed by atoms with Crippen molar-refractivity contribution in [2.45, 2.75) is 0 Å². The first-order valence-electron chi connectivity index (χ1n) is 6.02. The Morgan fingerprint density at radius 1 is 0.895 bits per heavy atom. The van der Waals surface area contributed by atoms with Gasteiger partial charge in [0.1, 0.15) is 0 Å². The van der Waals surface area contributed by atoms with Crippen LogP contribution in [-0.4, -0.2) is 16.8 Å². The number of aromatic nitrogens is 2. The average molecular weight is 250 g/mol. The van der Waals surface area contributed by atoms with E-state index in [1.54, 1.807) is 6.20 Å². The van der Waals surface area contributed by atoms with Crippen molar-refractivity contribution in [3.63, 3.8) is 0 Å². The molecule has 0 radical (unpaired) electrons. The molecule has 0 saturated carbocycles. The highest BCUT2D eigenvalue weighted by atomic mass is 16.7. The minimum atomic E-state index is 0.280. The van der Waals surface area contributed by atoms with Crippen LogP contribution >= 0.6 is 0 Å². The lowest BCUT2D eigenvalue weighted by Gasteiger charge is -2.03. The second-order valence-electron chi connectivity index (χ2n) is 4.31. The van der Waals surface area contributed by atoms with E-state index in [2.05, 4.69) is 9.97 Å². The highest BCUT2D eigenvalue weighted by Gasteiger charge is 2.14. The summed E-state index contributed by atoms with van der Waals surface area (Å²) in [6, 6.07) is 13.6. The van der Waals surface area contributed by atoms with Gasteiger partial charge in [0, 0.05) is 5.56 Å². The van der Waals surface area contributed by atoms with E-state index in [1.165, 1.54) is 0 Å². The van der Waals surface area contributed by atoms with Crippen LogP contribution in [0, 0.1) is 0 Å². The Balaban J connectivity index is 1.85. The monoisotopic (exact) mass is 250 g/mol. The SMILES string of the molecule is c1ccc2nc(-c3ccc4c(c3)OCO4)cnc2c1. The Bertz CT molecular complexity index is 771. The molecule has 0 bridgehead atoms.